The molecule has 3 rings (SSSR count). The molecule has 0 unspecified atom stereocenters. The Morgan fingerprint density at radius 3 is 1.88 bits per heavy atom. The second-order valence-corrected chi connectivity index (χ2v) is 6.26. The molecule has 0 N–H and O–H groups in total. The SMILES string of the molecule is COC(=O)c1cnc(-c2cccc(OC(F)(F)F)c2)c(-c2cccc(OC(F)(F)F)c2)c1. The number of carbonyl (C=O) groups excluding carboxylic acids is 1. The Labute approximate surface area is 177 Å². The van der Waals surface area contributed by atoms with Crippen molar-refractivity contribution in [1.82, 2.24) is 4.98 Å². The highest BCUT2D eigenvalue weighted by atomic mass is 19.4. The van der Waals surface area contributed by atoms with Crippen LogP contribution in [0.15, 0.2) is 60.8 Å². The topological polar surface area (TPSA) is 57.7 Å². The second-order valence-electron chi connectivity index (χ2n) is 6.26. The molecule has 0 saturated heterocycles. The lowest BCUT2D eigenvalue weighted by molar-refractivity contribution is -0.275. The predicted octanol–water partition coefficient (Wildman–Crippen LogP) is 6.00. The first-order chi connectivity index (χ1) is 14.9. The number of hydrogen-bond acceptors (Lipinski definition) is 5. The standard InChI is InChI=1S/C21H13F6NO4/c1-30-19(29)14-10-17(12-4-2-6-15(8-12)31-20(22,23)24)18(28-11-14)13-5-3-7-16(9-13)32-21(25,26)27/h2-11H,1H3. The molecule has 0 aliphatic rings. The van der Waals surface area contributed by atoms with Crippen LogP contribution in [0, 0.1) is 0 Å². The largest absolute Gasteiger partial charge is 0.573 e. The van der Waals surface area contributed by atoms with Gasteiger partial charge in [-0.05, 0) is 35.9 Å². The van der Waals surface area contributed by atoms with Crippen LogP contribution in [0.4, 0.5) is 26.3 Å². The fourth-order valence-electron chi connectivity index (χ4n) is 2.85. The summed E-state index contributed by atoms with van der Waals surface area (Å²) in [5.41, 5.74) is 0.567. The highest BCUT2D eigenvalue weighted by Gasteiger charge is 2.32. The number of aromatic nitrogens is 1. The number of hydrogen-bond donors (Lipinski definition) is 0. The summed E-state index contributed by atoms with van der Waals surface area (Å²) >= 11 is 0. The monoisotopic (exact) mass is 457 g/mol. The van der Waals surface area contributed by atoms with Gasteiger partial charge in [-0.1, -0.05) is 24.3 Å². The third-order valence-electron chi connectivity index (χ3n) is 4.03. The molecule has 0 radical (unpaired) electrons. The van der Waals surface area contributed by atoms with Crippen molar-refractivity contribution in [3.8, 4) is 33.9 Å². The Balaban J connectivity index is 2.14. The van der Waals surface area contributed by atoms with Crippen LogP contribution in [0.5, 0.6) is 11.5 Å². The van der Waals surface area contributed by atoms with Crippen LogP contribution in [0.2, 0.25) is 0 Å². The second kappa shape index (κ2) is 8.77. The molecule has 0 amide bonds. The van der Waals surface area contributed by atoms with Crippen LogP contribution in [-0.2, 0) is 4.74 Å². The third-order valence-corrected chi connectivity index (χ3v) is 4.03. The lowest BCUT2D eigenvalue weighted by Gasteiger charge is -2.14. The molecule has 168 valence electrons. The first-order valence-corrected chi connectivity index (χ1v) is 8.76. The Kier molecular flexibility index (Phi) is 6.28. The number of esters is 1. The fraction of sp³-hybridized carbons (Fsp3) is 0.143. The van der Waals surface area contributed by atoms with E-state index in [0.717, 1.165) is 37.6 Å². The average Bonchev–Trinajstić information content (AvgIpc) is 2.70. The van der Waals surface area contributed by atoms with Gasteiger partial charge in [0.1, 0.15) is 11.5 Å². The van der Waals surface area contributed by atoms with Gasteiger partial charge in [-0.25, -0.2) is 4.79 Å². The summed E-state index contributed by atoms with van der Waals surface area (Å²) in [7, 11) is 1.13. The molecule has 1 aromatic heterocycles. The molecule has 0 spiro atoms. The summed E-state index contributed by atoms with van der Waals surface area (Å²) in [6, 6.07) is 11.0. The van der Waals surface area contributed by atoms with Gasteiger partial charge in [0.25, 0.3) is 0 Å². The highest BCUT2D eigenvalue weighted by Crippen LogP contribution is 2.36. The maximum absolute atomic E-state index is 12.6. The van der Waals surface area contributed by atoms with Gasteiger partial charge in [0, 0.05) is 17.3 Å². The van der Waals surface area contributed by atoms with E-state index in [9.17, 15) is 31.1 Å². The number of pyridine rings is 1. The van der Waals surface area contributed by atoms with Crippen molar-refractivity contribution in [3.63, 3.8) is 0 Å². The van der Waals surface area contributed by atoms with Crippen molar-refractivity contribution in [3.05, 3.63) is 66.4 Å². The summed E-state index contributed by atoms with van der Waals surface area (Å²) in [4.78, 5) is 16.1. The number of benzene rings is 2. The van der Waals surface area contributed by atoms with E-state index >= 15 is 0 Å². The fourth-order valence-corrected chi connectivity index (χ4v) is 2.85. The zero-order valence-corrected chi connectivity index (χ0v) is 16.1. The van der Waals surface area contributed by atoms with Gasteiger partial charge < -0.3 is 14.2 Å². The van der Waals surface area contributed by atoms with Crippen LogP contribution in [0.3, 0.4) is 0 Å². The summed E-state index contributed by atoms with van der Waals surface area (Å²) in [6.07, 6.45) is -8.72. The number of rotatable bonds is 5. The van der Waals surface area contributed by atoms with Crippen LogP contribution in [0.1, 0.15) is 10.4 Å². The molecule has 2 aromatic carbocycles. The zero-order chi connectivity index (χ0) is 23.5. The van der Waals surface area contributed by atoms with Gasteiger partial charge >= 0.3 is 18.7 Å². The van der Waals surface area contributed by atoms with E-state index in [1.807, 2.05) is 0 Å². The van der Waals surface area contributed by atoms with E-state index in [2.05, 4.69) is 19.2 Å². The smallest absolute Gasteiger partial charge is 0.465 e. The third kappa shape index (κ3) is 5.90. The van der Waals surface area contributed by atoms with E-state index in [1.54, 1.807) is 0 Å². The summed E-state index contributed by atoms with van der Waals surface area (Å²) in [6.45, 7) is 0. The first-order valence-electron chi connectivity index (χ1n) is 8.76. The minimum Gasteiger partial charge on any atom is -0.465 e. The van der Waals surface area contributed by atoms with Crippen LogP contribution < -0.4 is 9.47 Å². The van der Waals surface area contributed by atoms with E-state index < -0.39 is 30.2 Å². The minimum absolute atomic E-state index is 0.0175. The van der Waals surface area contributed by atoms with Crippen molar-refractivity contribution in [2.45, 2.75) is 12.7 Å². The van der Waals surface area contributed by atoms with Crippen LogP contribution in [-0.4, -0.2) is 30.8 Å². The Hall–Kier alpha value is -3.76. The molecular weight excluding hydrogens is 444 g/mol. The summed E-state index contributed by atoms with van der Waals surface area (Å²) in [5.74, 6) is -1.81. The Morgan fingerprint density at radius 1 is 0.812 bits per heavy atom. The molecule has 0 fully saturated rings. The van der Waals surface area contributed by atoms with E-state index in [-0.39, 0.29) is 27.9 Å². The van der Waals surface area contributed by atoms with Gasteiger partial charge in [0.15, 0.2) is 0 Å². The molecule has 0 saturated carbocycles. The molecule has 32 heavy (non-hydrogen) atoms. The molecule has 0 aliphatic heterocycles. The lowest BCUT2D eigenvalue weighted by Crippen LogP contribution is -2.17. The Morgan fingerprint density at radius 2 is 1.34 bits per heavy atom. The van der Waals surface area contributed by atoms with E-state index in [0.29, 0.717) is 0 Å². The number of halogens is 6. The number of methoxy groups -OCH3 is 1. The van der Waals surface area contributed by atoms with E-state index in [1.165, 1.54) is 30.3 Å². The summed E-state index contributed by atoms with van der Waals surface area (Å²) in [5, 5.41) is 0. The van der Waals surface area contributed by atoms with Gasteiger partial charge in [-0.15, -0.1) is 26.3 Å². The molecule has 1 heterocycles. The van der Waals surface area contributed by atoms with E-state index in [4.69, 9.17) is 0 Å². The maximum Gasteiger partial charge on any atom is 0.573 e. The van der Waals surface area contributed by atoms with Crippen molar-refractivity contribution >= 4 is 5.97 Å². The molecule has 11 heteroatoms. The molecular formula is C21H13F6NO4. The molecule has 5 nitrogen and oxygen atoms in total. The van der Waals surface area contributed by atoms with Crippen molar-refractivity contribution in [1.29, 1.82) is 0 Å². The quantitative estimate of drug-likeness (QED) is 0.348. The maximum atomic E-state index is 12.6. The van der Waals surface area contributed by atoms with Gasteiger partial charge in [0.05, 0.1) is 18.4 Å². The normalized spacial score (nSPS) is 11.7. The number of carbonyl (C=O) groups is 1. The molecule has 0 aliphatic carbocycles. The number of ether oxygens (including phenoxy) is 3. The lowest BCUT2D eigenvalue weighted by atomic mass is 9.97. The van der Waals surface area contributed by atoms with Crippen LogP contribution in [0.25, 0.3) is 22.4 Å². The van der Waals surface area contributed by atoms with Gasteiger partial charge in [-0.3, -0.25) is 4.98 Å². The first kappa shape index (κ1) is 22.9. The van der Waals surface area contributed by atoms with Crippen molar-refractivity contribution < 1.29 is 45.3 Å². The zero-order valence-electron chi connectivity index (χ0n) is 16.1. The number of nitrogens with zero attached hydrogens (tertiary/aromatic N) is 1. The van der Waals surface area contributed by atoms with Crippen LogP contribution >= 0.6 is 0 Å². The summed E-state index contributed by atoms with van der Waals surface area (Å²) < 4.78 is 88.1. The highest BCUT2D eigenvalue weighted by molar-refractivity contribution is 5.93. The Bertz CT molecular complexity index is 1130. The van der Waals surface area contributed by atoms with Crippen molar-refractivity contribution in [2.75, 3.05) is 7.11 Å². The average molecular weight is 457 g/mol. The molecule has 0 atom stereocenters. The molecule has 3 aromatic rings. The molecule has 0 bridgehead atoms. The van der Waals surface area contributed by atoms with Gasteiger partial charge in [0.2, 0.25) is 0 Å². The minimum atomic E-state index is -4.93. The number of alkyl halides is 6. The van der Waals surface area contributed by atoms with Gasteiger partial charge in [-0.2, -0.15) is 0 Å². The predicted molar refractivity (Wildman–Crippen MR) is 99.8 cm³/mol. The van der Waals surface area contributed by atoms with Crippen molar-refractivity contribution in [2.24, 2.45) is 0 Å².